The zero-order valence-electron chi connectivity index (χ0n) is 14.3. The Morgan fingerprint density at radius 3 is 2.45 bits per heavy atom. The summed E-state index contributed by atoms with van der Waals surface area (Å²) in [5.41, 5.74) is 0. The third-order valence-electron chi connectivity index (χ3n) is 4.80. The van der Waals surface area contributed by atoms with Gasteiger partial charge in [0.15, 0.2) is 0 Å². The van der Waals surface area contributed by atoms with Crippen molar-refractivity contribution in [2.45, 2.75) is 64.8 Å². The van der Waals surface area contributed by atoms with Gasteiger partial charge < -0.3 is 9.64 Å². The van der Waals surface area contributed by atoms with Crippen molar-refractivity contribution in [2.75, 3.05) is 32.7 Å². The molecule has 0 aliphatic carbocycles. The highest BCUT2D eigenvalue weighted by Gasteiger charge is 2.32. The molecule has 0 radical (unpaired) electrons. The molecular formula is C17H31FN2O2. The molecule has 22 heavy (non-hydrogen) atoms. The smallest absolute Gasteiger partial charge is 0.222 e. The van der Waals surface area contributed by atoms with Gasteiger partial charge in [-0.25, -0.2) is 4.39 Å². The highest BCUT2D eigenvalue weighted by molar-refractivity contribution is 5.75. The summed E-state index contributed by atoms with van der Waals surface area (Å²) in [6.07, 6.45) is 2.45. The molecule has 1 amide bonds. The molecule has 2 saturated heterocycles. The van der Waals surface area contributed by atoms with Crippen LogP contribution in [0.4, 0.5) is 4.39 Å². The van der Waals surface area contributed by atoms with E-state index in [1.165, 1.54) is 0 Å². The molecule has 128 valence electrons. The van der Waals surface area contributed by atoms with Gasteiger partial charge in [0, 0.05) is 39.1 Å². The third-order valence-corrected chi connectivity index (χ3v) is 4.80. The number of hydrogen-bond acceptors (Lipinski definition) is 3. The SMILES string of the molecule is CCC(=O)N1CCC(CN2CCC(OC(C)C)C(F)C2)CC1. The second-order valence-electron chi connectivity index (χ2n) is 6.97. The fraction of sp³-hybridized carbons (Fsp3) is 0.941. The molecule has 0 aromatic heterocycles. The minimum absolute atomic E-state index is 0.0928. The van der Waals surface area contributed by atoms with Gasteiger partial charge in [-0.05, 0) is 39.0 Å². The van der Waals surface area contributed by atoms with Crippen molar-refractivity contribution >= 4 is 5.91 Å². The van der Waals surface area contributed by atoms with Crippen LogP contribution in [0.3, 0.4) is 0 Å². The lowest BCUT2D eigenvalue weighted by molar-refractivity contribution is -0.132. The molecule has 2 atom stereocenters. The topological polar surface area (TPSA) is 32.8 Å². The first-order valence-corrected chi connectivity index (χ1v) is 8.79. The van der Waals surface area contributed by atoms with Gasteiger partial charge in [0.2, 0.25) is 5.91 Å². The summed E-state index contributed by atoms with van der Waals surface area (Å²) in [4.78, 5) is 15.9. The quantitative estimate of drug-likeness (QED) is 0.781. The van der Waals surface area contributed by atoms with E-state index in [1.54, 1.807) is 0 Å². The van der Waals surface area contributed by atoms with Gasteiger partial charge in [0.25, 0.3) is 0 Å². The number of nitrogens with zero attached hydrogens (tertiary/aromatic N) is 2. The van der Waals surface area contributed by atoms with Crippen molar-refractivity contribution in [1.29, 1.82) is 0 Å². The van der Waals surface area contributed by atoms with Gasteiger partial charge in [-0.3, -0.25) is 9.69 Å². The number of hydrogen-bond donors (Lipinski definition) is 0. The van der Waals surface area contributed by atoms with Crippen LogP contribution in [0.25, 0.3) is 0 Å². The van der Waals surface area contributed by atoms with Gasteiger partial charge in [0.05, 0.1) is 12.2 Å². The molecule has 5 heteroatoms. The van der Waals surface area contributed by atoms with E-state index in [9.17, 15) is 9.18 Å². The van der Waals surface area contributed by atoms with Crippen molar-refractivity contribution < 1.29 is 13.9 Å². The zero-order valence-corrected chi connectivity index (χ0v) is 14.3. The highest BCUT2D eigenvalue weighted by atomic mass is 19.1. The number of likely N-dealkylation sites (tertiary alicyclic amines) is 2. The lowest BCUT2D eigenvalue weighted by Gasteiger charge is -2.39. The number of rotatable bonds is 5. The standard InChI is InChI=1S/C17H31FN2O2/c1-4-17(21)20-9-5-14(6-10-20)11-19-8-7-16(15(18)12-19)22-13(2)3/h13-16H,4-12H2,1-3H3. The Balaban J connectivity index is 1.71. The number of alkyl halides is 1. The van der Waals surface area contributed by atoms with Crippen LogP contribution in [-0.2, 0) is 9.53 Å². The molecule has 0 spiro atoms. The van der Waals surface area contributed by atoms with E-state index in [0.29, 0.717) is 18.9 Å². The Morgan fingerprint density at radius 2 is 1.91 bits per heavy atom. The average molecular weight is 314 g/mol. The van der Waals surface area contributed by atoms with Gasteiger partial charge in [-0.1, -0.05) is 6.92 Å². The molecule has 2 aliphatic heterocycles. The first-order valence-electron chi connectivity index (χ1n) is 8.79. The molecule has 0 aromatic rings. The Hall–Kier alpha value is -0.680. The maximum Gasteiger partial charge on any atom is 0.222 e. The van der Waals surface area contributed by atoms with Gasteiger partial charge in [-0.2, -0.15) is 0 Å². The van der Waals surface area contributed by atoms with Crippen molar-refractivity contribution in [3.63, 3.8) is 0 Å². The molecule has 0 bridgehead atoms. The summed E-state index contributed by atoms with van der Waals surface area (Å²) in [5, 5.41) is 0. The third kappa shape index (κ3) is 4.92. The normalized spacial score (nSPS) is 28.3. The van der Waals surface area contributed by atoms with Gasteiger partial charge in [0.1, 0.15) is 6.17 Å². The Kier molecular flexibility index (Phi) is 6.63. The lowest BCUT2D eigenvalue weighted by Crippen LogP contribution is -2.49. The summed E-state index contributed by atoms with van der Waals surface area (Å²) in [6, 6.07) is 0. The largest absolute Gasteiger partial charge is 0.372 e. The molecular weight excluding hydrogens is 283 g/mol. The fourth-order valence-corrected chi connectivity index (χ4v) is 3.57. The van der Waals surface area contributed by atoms with E-state index < -0.39 is 6.17 Å². The molecule has 2 rings (SSSR count). The van der Waals surface area contributed by atoms with E-state index in [-0.39, 0.29) is 18.1 Å². The molecule has 0 N–H and O–H groups in total. The number of carbonyl (C=O) groups is 1. The van der Waals surface area contributed by atoms with Crippen molar-refractivity contribution in [1.82, 2.24) is 9.80 Å². The first kappa shape index (κ1) is 17.7. The predicted octanol–water partition coefficient (Wildman–Crippen LogP) is 2.47. The van der Waals surface area contributed by atoms with E-state index in [2.05, 4.69) is 4.90 Å². The van der Waals surface area contributed by atoms with E-state index in [1.807, 2.05) is 25.7 Å². The van der Waals surface area contributed by atoms with Gasteiger partial charge in [-0.15, -0.1) is 0 Å². The zero-order chi connectivity index (χ0) is 16.1. The Bertz CT molecular complexity index is 357. The Labute approximate surface area is 134 Å². The van der Waals surface area contributed by atoms with Crippen molar-refractivity contribution in [2.24, 2.45) is 5.92 Å². The second kappa shape index (κ2) is 8.25. The summed E-state index contributed by atoms with van der Waals surface area (Å²) in [7, 11) is 0. The van der Waals surface area contributed by atoms with Crippen LogP contribution in [0, 0.1) is 5.92 Å². The van der Waals surface area contributed by atoms with Gasteiger partial charge >= 0.3 is 0 Å². The van der Waals surface area contributed by atoms with Crippen LogP contribution in [0.2, 0.25) is 0 Å². The molecule has 2 aliphatic rings. The summed E-state index contributed by atoms with van der Waals surface area (Å²) < 4.78 is 19.9. The number of piperidine rings is 2. The molecule has 0 saturated carbocycles. The average Bonchev–Trinajstić information content (AvgIpc) is 2.49. The molecule has 2 heterocycles. The number of amides is 1. The number of ether oxygens (including phenoxy) is 1. The maximum atomic E-state index is 14.2. The van der Waals surface area contributed by atoms with Crippen molar-refractivity contribution in [3.8, 4) is 0 Å². The predicted molar refractivity (Wildman–Crippen MR) is 85.6 cm³/mol. The van der Waals surface area contributed by atoms with Crippen LogP contribution in [0.15, 0.2) is 0 Å². The summed E-state index contributed by atoms with van der Waals surface area (Å²) >= 11 is 0. The number of carbonyl (C=O) groups excluding carboxylic acids is 1. The monoisotopic (exact) mass is 314 g/mol. The fourth-order valence-electron chi connectivity index (χ4n) is 3.57. The minimum Gasteiger partial charge on any atom is -0.372 e. The minimum atomic E-state index is -0.877. The lowest BCUT2D eigenvalue weighted by atomic mass is 9.94. The second-order valence-corrected chi connectivity index (χ2v) is 6.97. The molecule has 2 fully saturated rings. The van der Waals surface area contributed by atoms with Crippen LogP contribution in [0.5, 0.6) is 0 Å². The van der Waals surface area contributed by atoms with Crippen molar-refractivity contribution in [3.05, 3.63) is 0 Å². The van der Waals surface area contributed by atoms with Crippen LogP contribution in [0.1, 0.15) is 46.5 Å². The van der Waals surface area contributed by atoms with Crippen LogP contribution >= 0.6 is 0 Å². The first-order chi connectivity index (χ1) is 10.5. The molecule has 4 nitrogen and oxygen atoms in total. The molecule has 0 aromatic carbocycles. The summed E-state index contributed by atoms with van der Waals surface area (Å²) in [6.45, 7) is 9.95. The van der Waals surface area contributed by atoms with E-state index >= 15 is 0 Å². The Morgan fingerprint density at radius 1 is 1.23 bits per heavy atom. The van der Waals surface area contributed by atoms with Crippen LogP contribution in [-0.4, -0.2) is 66.8 Å². The van der Waals surface area contributed by atoms with E-state index in [0.717, 1.165) is 45.4 Å². The molecule has 2 unspecified atom stereocenters. The van der Waals surface area contributed by atoms with Crippen LogP contribution < -0.4 is 0 Å². The number of halogens is 1. The van der Waals surface area contributed by atoms with E-state index in [4.69, 9.17) is 4.74 Å². The highest BCUT2D eigenvalue weighted by Crippen LogP contribution is 2.23. The summed E-state index contributed by atoms with van der Waals surface area (Å²) in [5.74, 6) is 0.851. The maximum absolute atomic E-state index is 14.2.